The van der Waals surface area contributed by atoms with Gasteiger partial charge in [-0.05, 0) is 39.7 Å². The van der Waals surface area contributed by atoms with Gasteiger partial charge in [-0.2, -0.15) is 0 Å². The summed E-state index contributed by atoms with van der Waals surface area (Å²) in [6.45, 7) is 7.32. The number of aromatic nitrogens is 3. The SMILES string of the molecule is Cc1cc(C2CCCN2CCCn2ccnc2C)on1. The highest BCUT2D eigenvalue weighted by molar-refractivity contribution is 5.09. The summed E-state index contributed by atoms with van der Waals surface area (Å²) in [5.74, 6) is 2.12. The molecule has 108 valence electrons. The molecular formula is C15H22N4O. The maximum atomic E-state index is 5.44. The van der Waals surface area contributed by atoms with Crippen molar-refractivity contribution in [3.63, 3.8) is 0 Å². The van der Waals surface area contributed by atoms with Gasteiger partial charge in [0.25, 0.3) is 0 Å². The van der Waals surface area contributed by atoms with Gasteiger partial charge in [0.15, 0.2) is 5.76 Å². The predicted octanol–water partition coefficient (Wildman–Crippen LogP) is 2.72. The molecule has 20 heavy (non-hydrogen) atoms. The summed E-state index contributed by atoms with van der Waals surface area (Å²) in [6, 6.07) is 2.49. The molecule has 1 atom stereocenters. The van der Waals surface area contributed by atoms with E-state index >= 15 is 0 Å². The average Bonchev–Trinajstić information content (AvgIpc) is 3.12. The average molecular weight is 274 g/mol. The largest absolute Gasteiger partial charge is 0.359 e. The normalized spacial score (nSPS) is 19.8. The molecular weight excluding hydrogens is 252 g/mol. The minimum Gasteiger partial charge on any atom is -0.359 e. The summed E-state index contributed by atoms with van der Waals surface area (Å²) in [7, 11) is 0. The van der Waals surface area contributed by atoms with Crippen molar-refractivity contribution in [3.8, 4) is 0 Å². The Bertz CT molecular complexity index is 560. The van der Waals surface area contributed by atoms with E-state index in [1.165, 1.54) is 12.8 Å². The molecule has 1 fully saturated rings. The van der Waals surface area contributed by atoms with Crippen molar-refractivity contribution >= 4 is 0 Å². The van der Waals surface area contributed by atoms with Crippen LogP contribution in [-0.2, 0) is 6.54 Å². The fraction of sp³-hybridized carbons (Fsp3) is 0.600. The fourth-order valence-corrected chi connectivity index (χ4v) is 3.04. The Hall–Kier alpha value is -1.62. The van der Waals surface area contributed by atoms with Gasteiger partial charge in [0.2, 0.25) is 0 Å². The lowest BCUT2D eigenvalue weighted by Crippen LogP contribution is -2.25. The Morgan fingerprint density at radius 3 is 2.95 bits per heavy atom. The first-order chi connectivity index (χ1) is 9.74. The van der Waals surface area contributed by atoms with Crippen LogP contribution in [0.15, 0.2) is 23.0 Å². The van der Waals surface area contributed by atoms with Gasteiger partial charge in [-0.1, -0.05) is 5.16 Å². The molecule has 1 unspecified atom stereocenters. The second-order valence-electron chi connectivity index (χ2n) is 5.59. The third-order valence-electron chi connectivity index (χ3n) is 4.11. The fourth-order valence-electron chi connectivity index (χ4n) is 3.04. The smallest absolute Gasteiger partial charge is 0.154 e. The van der Waals surface area contributed by atoms with Gasteiger partial charge in [0.05, 0.1) is 11.7 Å². The molecule has 5 heteroatoms. The van der Waals surface area contributed by atoms with Gasteiger partial charge in [0.1, 0.15) is 5.82 Å². The molecule has 5 nitrogen and oxygen atoms in total. The summed E-state index contributed by atoms with van der Waals surface area (Å²) < 4.78 is 7.65. The molecule has 3 rings (SSSR count). The zero-order valence-electron chi connectivity index (χ0n) is 12.2. The maximum absolute atomic E-state index is 5.44. The van der Waals surface area contributed by atoms with Gasteiger partial charge in [0, 0.05) is 31.5 Å². The standard InChI is InChI=1S/C15H22N4O/c1-12-11-15(20-17-12)14-5-3-7-19(14)9-4-8-18-10-6-16-13(18)2/h6,10-11,14H,3-5,7-9H2,1-2H3. The van der Waals surface area contributed by atoms with Gasteiger partial charge < -0.3 is 9.09 Å². The summed E-state index contributed by atoms with van der Waals surface area (Å²) in [4.78, 5) is 6.78. The Morgan fingerprint density at radius 1 is 1.35 bits per heavy atom. The van der Waals surface area contributed by atoms with E-state index in [0.717, 1.165) is 43.3 Å². The molecule has 0 radical (unpaired) electrons. The lowest BCUT2D eigenvalue weighted by molar-refractivity contribution is 0.208. The molecule has 1 aliphatic heterocycles. The second-order valence-corrected chi connectivity index (χ2v) is 5.59. The van der Waals surface area contributed by atoms with Crippen molar-refractivity contribution in [1.82, 2.24) is 19.6 Å². The molecule has 1 aliphatic rings. The third kappa shape index (κ3) is 2.77. The van der Waals surface area contributed by atoms with E-state index in [2.05, 4.69) is 38.8 Å². The first-order valence-electron chi connectivity index (χ1n) is 7.39. The van der Waals surface area contributed by atoms with Crippen LogP contribution in [0.5, 0.6) is 0 Å². The summed E-state index contributed by atoms with van der Waals surface area (Å²) in [5.41, 5.74) is 0.973. The van der Waals surface area contributed by atoms with Crippen molar-refractivity contribution in [1.29, 1.82) is 0 Å². The number of rotatable bonds is 5. The zero-order valence-corrected chi connectivity index (χ0v) is 12.2. The van der Waals surface area contributed by atoms with E-state index in [9.17, 15) is 0 Å². The first-order valence-corrected chi connectivity index (χ1v) is 7.39. The number of hydrogen-bond acceptors (Lipinski definition) is 4. The molecule has 2 aromatic rings. The van der Waals surface area contributed by atoms with Gasteiger partial charge in [-0.15, -0.1) is 0 Å². The van der Waals surface area contributed by atoms with Crippen LogP contribution in [0.3, 0.4) is 0 Å². The van der Waals surface area contributed by atoms with Crippen LogP contribution in [0.25, 0.3) is 0 Å². The molecule has 0 spiro atoms. The van der Waals surface area contributed by atoms with Gasteiger partial charge >= 0.3 is 0 Å². The molecule has 1 saturated heterocycles. The number of imidazole rings is 1. The molecule has 3 heterocycles. The van der Waals surface area contributed by atoms with Crippen molar-refractivity contribution in [2.45, 2.75) is 45.7 Å². The van der Waals surface area contributed by atoms with Crippen molar-refractivity contribution in [2.75, 3.05) is 13.1 Å². The van der Waals surface area contributed by atoms with Crippen molar-refractivity contribution in [2.24, 2.45) is 0 Å². The van der Waals surface area contributed by atoms with E-state index in [1.807, 2.05) is 13.1 Å². The molecule has 0 saturated carbocycles. The summed E-state index contributed by atoms with van der Waals surface area (Å²) in [5, 5.41) is 4.01. The highest BCUT2D eigenvalue weighted by atomic mass is 16.5. The zero-order chi connectivity index (χ0) is 13.9. The van der Waals surface area contributed by atoms with Crippen LogP contribution in [0, 0.1) is 13.8 Å². The predicted molar refractivity (Wildman–Crippen MR) is 76.4 cm³/mol. The molecule has 0 bridgehead atoms. The highest BCUT2D eigenvalue weighted by Gasteiger charge is 2.28. The van der Waals surface area contributed by atoms with E-state index in [0.29, 0.717) is 6.04 Å². The monoisotopic (exact) mass is 274 g/mol. The lowest BCUT2D eigenvalue weighted by Gasteiger charge is -2.22. The Kier molecular flexibility index (Phi) is 3.87. The summed E-state index contributed by atoms with van der Waals surface area (Å²) in [6.07, 6.45) is 7.48. The van der Waals surface area contributed by atoms with Gasteiger partial charge in [-0.25, -0.2) is 4.98 Å². The minimum atomic E-state index is 0.417. The lowest BCUT2D eigenvalue weighted by atomic mass is 10.1. The van der Waals surface area contributed by atoms with Gasteiger partial charge in [-0.3, -0.25) is 4.90 Å². The summed E-state index contributed by atoms with van der Waals surface area (Å²) >= 11 is 0. The minimum absolute atomic E-state index is 0.417. The van der Waals surface area contributed by atoms with Crippen LogP contribution in [0.1, 0.15) is 42.6 Å². The van der Waals surface area contributed by atoms with Crippen LogP contribution >= 0.6 is 0 Å². The van der Waals surface area contributed by atoms with Crippen LogP contribution in [-0.4, -0.2) is 32.7 Å². The number of nitrogens with zero attached hydrogens (tertiary/aromatic N) is 4. The van der Waals surface area contributed by atoms with Crippen molar-refractivity contribution < 1.29 is 4.52 Å². The van der Waals surface area contributed by atoms with Crippen LogP contribution < -0.4 is 0 Å². The van der Waals surface area contributed by atoms with E-state index in [1.54, 1.807) is 0 Å². The quantitative estimate of drug-likeness (QED) is 0.841. The van der Waals surface area contributed by atoms with E-state index in [-0.39, 0.29) is 0 Å². The Labute approximate surface area is 119 Å². The molecule has 0 N–H and O–H groups in total. The third-order valence-corrected chi connectivity index (χ3v) is 4.11. The maximum Gasteiger partial charge on any atom is 0.154 e. The highest BCUT2D eigenvalue weighted by Crippen LogP contribution is 2.32. The number of hydrogen-bond donors (Lipinski definition) is 0. The van der Waals surface area contributed by atoms with E-state index < -0.39 is 0 Å². The van der Waals surface area contributed by atoms with Crippen LogP contribution in [0.4, 0.5) is 0 Å². The number of likely N-dealkylation sites (tertiary alicyclic amines) is 1. The van der Waals surface area contributed by atoms with E-state index in [4.69, 9.17) is 4.52 Å². The first kappa shape index (κ1) is 13.4. The molecule has 0 aliphatic carbocycles. The number of aryl methyl sites for hydroxylation is 3. The molecule has 2 aromatic heterocycles. The van der Waals surface area contributed by atoms with Crippen molar-refractivity contribution in [3.05, 3.63) is 35.7 Å². The molecule has 0 aromatic carbocycles. The second kappa shape index (κ2) is 5.79. The topological polar surface area (TPSA) is 47.1 Å². The Morgan fingerprint density at radius 2 is 2.25 bits per heavy atom. The Balaban J connectivity index is 1.55. The van der Waals surface area contributed by atoms with Crippen LogP contribution in [0.2, 0.25) is 0 Å². The molecule has 0 amide bonds.